The number of benzene rings is 1. The predicted molar refractivity (Wildman–Crippen MR) is 53.9 cm³/mol. The molecule has 62 valence electrons. The number of aliphatic imine (C=N–C) groups is 1. The van der Waals surface area contributed by atoms with Crippen molar-refractivity contribution in [3.8, 4) is 0 Å². The molecule has 2 nitrogen and oxygen atoms in total. The van der Waals surface area contributed by atoms with Crippen LogP contribution in [-0.2, 0) is 0 Å². The summed E-state index contributed by atoms with van der Waals surface area (Å²) < 4.78 is 0. The van der Waals surface area contributed by atoms with E-state index in [0.717, 1.165) is 16.9 Å². The van der Waals surface area contributed by atoms with Crippen LogP contribution in [0.1, 0.15) is 5.56 Å². The second-order valence-corrected chi connectivity index (χ2v) is 2.52. The Kier molecular flexibility index (Phi) is 2.64. The van der Waals surface area contributed by atoms with Gasteiger partial charge in [0.15, 0.2) is 0 Å². The van der Waals surface area contributed by atoms with Gasteiger partial charge >= 0.3 is 0 Å². The second kappa shape index (κ2) is 3.72. The summed E-state index contributed by atoms with van der Waals surface area (Å²) in [5, 5.41) is 0. The van der Waals surface area contributed by atoms with Crippen LogP contribution in [0.5, 0.6) is 0 Å². The molecule has 2 N–H and O–H groups in total. The van der Waals surface area contributed by atoms with Crippen molar-refractivity contribution >= 4 is 17.6 Å². The summed E-state index contributed by atoms with van der Waals surface area (Å²) in [6.07, 6.45) is 3.26. The fourth-order valence-corrected chi connectivity index (χ4v) is 0.911. The number of hydrogen-bond acceptors (Lipinski definition) is 2. The molecule has 1 rings (SSSR count). The minimum absolute atomic E-state index is 0.732. The van der Waals surface area contributed by atoms with Gasteiger partial charge in [-0.3, -0.25) is 4.99 Å². The summed E-state index contributed by atoms with van der Waals surface area (Å²) in [5.41, 5.74) is 8.36. The maximum Gasteiger partial charge on any atom is 0.0861 e. The number of anilines is 1. The van der Waals surface area contributed by atoms with Gasteiger partial charge in [-0.2, -0.15) is 0 Å². The Morgan fingerprint density at radius 1 is 1.50 bits per heavy atom. The molecule has 0 aliphatic heterocycles. The normalized spacial score (nSPS) is 10.4. The maximum absolute atomic E-state index is 5.78. The molecular weight excluding hydrogens is 148 g/mol. The van der Waals surface area contributed by atoms with Crippen molar-refractivity contribution in [3.05, 3.63) is 36.4 Å². The monoisotopic (exact) mass is 160 g/mol. The SMILES string of the molecule is C=C/C=N\c1cccc(C)c1N. The van der Waals surface area contributed by atoms with Crippen LogP contribution in [0.25, 0.3) is 0 Å². The Bertz CT molecular complexity index is 314. The lowest BCUT2D eigenvalue weighted by Crippen LogP contribution is -1.88. The smallest absolute Gasteiger partial charge is 0.0861 e. The highest BCUT2D eigenvalue weighted by atomic mass is 14.8. The van der Waals surface area contributed by atoms with Gasteiger partial charge in [-0.15, -0.1) is 0 Å². The van der Waals surface area contributed by atoms with E-state index in [1.807, 2.05) is 25.1 Å². The molecule has 0 aromatic heterocycles. The van der Waals surface area contributed by atoms with E-state index in [4.69, 9.17) is 5.73 Å². The van der Waals surface area contributed by atoms with Crippen molar-refractivity contribution < 1.29 is 0 Å². The highest BCUT2D eigenvalue weighted by Crippen LogP contribution is 2.24. The van der Waals surface area contributed by atoms with Crippen molar-refractivity contribution in [2.75, 3.05) is 5.73 Å². The zero-order valence-corrected chi connectivity index (χ0v) is 7.12. The molecule has 0 unspecified atom stereocenters. The molecule has 1 aromatic carbocycles. The van der Waals surface area contributed by atoms with Gasteiger partial charge in [0.2, 0.25) is 0 Å². The molecule has 0 saturated heterocycles. The minimum atomic E-state index is 0.732. The van der Waals surface area contributed by atoms with Crippen LogP contribution in [0.2, 0.25) is 0 Å². The molecular formula is C10H12N2. The molecule has 0 bridgehead atoms. The minimum Gasteiger partial charge on any atom is -0.397 e. The number of nitrogen functional groups attached to an aromatic ring is 1. The van der Waals surface area contributed by atoms with Gasteiger partial charge in [0.25, 0.3) is 0 Å². The first-order valence-corrected chi connectivity index (χ1v) is 3.76. The standard InChI is InChI=1S/C10H12N2/c1-3-7-12-9-6-4-5-8(2)10(9)11/h3-7H,1,11H2,2H3/b12-7-. The van der Waals surface area contributed by atoms with Gasteiger partial charge in [-0.1, -0.05) is 24.8 Å². The van der Waals surface area contributed by atoms with Crippen molar-refractivity contribution in [1.82, 2.24) is 0 Å². The van der Waals surface area contributed by atoms with Gasteiger partial charge in [0.1, 0.15) is 0 Å². The number of para-hydroxylation sites is 1. The molecule has 2 heteroatoms. The van der Waals surface area contributed by atoms with E-state index in [2.05, 4.69) is 11.6 Å². The van der Waals surface area contributed by atoms with E-state index >= 15 is 0 Å². The van der Waals surface area contributed by atoms with Crippen LogP contribution in [0.15, 0.2) is 35.8 Å². The summed E-state index contributed by atoms with van der Waals surface area (Å²) in [6.45, 7) is 5.50. The summed E-state index contributed by atoms with van der Waals surface area (Å²) in [6, 6.07) is 5.77. The maximum atomic E-state index is 5.78. The van der Waals surface area contributed by atoms with Crippen molar-refractivity contribution in [2.45, 2.75) is 6.92 Å². The third-order valence-corrected chi connectivity index (χ3v) is 1.62. The number of nitrogens with two attached hydrogens (primary N) is 1. The highest BCUT2D eigenvalue weighted by Gasteiger charge is 1.96. The number of rotatable bonds is 2. The van der Waals surface area contributed by atoms with Gasteiger partial charge < -0.3 is 5.73 Å². The van der Waals surface area contributed by atoms with E-state index in [1.54, 1.807) is 12.3 Å². The van der Waals surface area contributed by atoms with Gasteiger partial charge in [-0.25, -0.2) is 0 Å². The van der Waals surface area contributed by atoms with Crippen LogP contribution in [0.3, 0.4) is 0 Å². The lowest BCUT2D eigenvalue weighted by molar-refractivity contribution is 1.43. The Balaban J connectivity index is 3.07. The molecule has 0 heterocycles. The Morgan fingerprint density at radius 2 is 2.25 bits per heavy atom. The van der Waals surface area contributed by atoms with E-state index in [9.17, 15) is 0 Å². The fourth-order valence-electron chi connectivity index (χ4n) is 0.911. The van der Waals surface area contributed by atoms with E-state index in [0.29, 0.717) is 0 Å². The first-order chi connectivity index (χ1) is 5.75. The average Bonchev–Trinajstić information content (AvgIpc) is 2.08. The Hall–Kier alpha value is -1.57. The van der Waals surface area contributed by atoms with Crippen molar-refractivity contribution in [1.29, 1.82) is 0 Å². The van der Waals surface area contributed by atoms with E-state index in [1.165, 1.54) is 0 Å². The molecule has 1 aromatic rings. The highest BCUT2D eigenvalue weighted by molar-refractivity contribution is 5.78. The van der Waals surface area contributed by atoms with Crippen molar-refractivity contribution in [3.63, 3.8) is 0 Å². The summed E-state index contributed by atoms with van der Waals surface area (Å²) in [7, 11) is 0. The molecule has 0 aliphatic carbocycles. The zero-order valence-electron chi connectivity index (χ0n) is 7.12. The van der Waals surface area contributed by atoms with Crippen molar-refractivity contribution in [2.24, 2.45) is 4.99 Å². The van der Waals surface area contributed by atoms with E-state index in [-0.39, 0.29) is 0 Å². The van der Waals surface area contributed by atoms with Gasteiger partial charge in [0, 0.05) is 6.21 Å². The fraction of sp³-hybridized carbons (Fsp3) is 0.100. The third-order valence-electron chi connectivity index (χ3n) is 1.62. The lowest BCUT2D eigenvalue weighted by atomic mass is 10.2. The van der Waals surface area contributed by atoms with Crippen LogP contribution < -0.4 is 5.73 Å². The largest absolute Gasteiger partial charge is 0.397 e. The first kappa shape index (κ1) is 8.53. The lowest BCUT2D eigenvalue weighted by Gasteiger charge is -2.01. The van der Waals surface area contributed by atoms with Crippen LogP contribution in [0, 0.1) is 6.92 Å². The average molecular weight is 160 g/mol. The molecule has 0 fully saturated rings. The summed E-state index contributed by atoms with van der Waals surface area (Å²) in [4.78, 5) is 4.12. The van der Waals surface area contributed by atoms with Crippen LogP contribution >= 0.6 is 0 Å². The first-order valence-electron chi connectivity index (χ1n) is 3.76. The molecule has 0 atom stereocenters. The Morgan fingerprint density at radius 3 is 2.92 bits per heavy atom. The molecule has 0 radical (unpaired) electrons. The topological polar surface area (TPSA) is 38.4 Å². The third kappa shape index (κ3) is 1.72. The van der Waals surface area contributed by atoms with E-state index < -0.39 is 0 Å². The van der Waals surface area contributed by atoms with Gasteiger partial charge in [-0.05, 0) is 18.6 Å². The zero-order chi connectivity index (χ0) is 8.97. The molecule has 12 heavy (non-hydrogen) atoms. The second-order valence-electron chi connectivity index (χ2n) is 2.52. The predicted octanol–water partition coefficient (Wildman–Crippen LogP) is 2.47. The number of aryl methyl sites for hydroxylation is 1. The molecule has 0 amide bonds. The number of allylic oxidation sites excluding steroid dienone is 1. The summed E-state index contributed by atoms with van der Waals surface area (Å²) in [5.74, 6) is 0. The summed E-state index contributed by atoms with van der Waals surface area (Å²) >= 11 is 0. The quantitative estimate of drug-likeness (QED) is 0.523. The number of nitrogens with zero attached hydrogens (tertiary/aromatic N) is 1. The Labute approximate surface area is 72.4 Å². The van der Waals surface area contributed by atoms with Crippen LogP contribution in [-0.4, -0.2) is 6.21 Å². The molecule has 0 spiro atoms. The van der Waals surface area contributed by atoms with Gasteiger partial charge in [0.05, 0.1) is 11.4 Å². The molecule has 0 aliphatic rings. The van der Waals surface area contributed by atoms with Crippen LogP contribution in [0.4, 0.5) is 11.4 Å². The number of hydrogen-bond donors (Lipinski definition) is 1. The molecule has 0 saturated carbocycles.